The Kier molecular flexibility index (Phi) is 2.69. The van der Waals surface area contributed by atoms with Crippen molar-refractivity contribution in [1.29, 1.82) is 0 Å². The fraction of sp³-hybridized carbons (Fsp3) is 0.286. The second-order valence-corrected chi connectivity index (χ2v) is 4.39. The molecule has 17 heavy (non-hydrogen) atoms. The van der Waals surface area contributed by atoms with Crippen molar-refractivity contribution in [3.8, 4) is 11.1 Å². The van der Waals surface area contributed by atoms with Crippen LogP contribution < -0.4 is 5.32 Å². The van der Waals surface area contributed by atoms with E-state index in [1.807, 2.05) is 12.1 Å². The fourth-order valence-corrected chi connectivity index (χ4v) is 1.92. The number of rotatable bonds is 4. The quantitative estimate of drug-likeness (QED) is 0.873. The molecule has 1 fully saturated rings. The van der Waals surface area contributed by atoms with Crippen molar-refractivity contribution in [2.24, 2.45) is 0 Å². The van der Waals surface area contributed by atoms with Crippen LogP contribution in [-0.2, 0) is 6.54 Å². The first-order chi connectivity index (χ1) is 8.34. The highest BCUT2D eigenvalue weighted by molar-refractivity contribution is 5.65. The summed E-state index contributed by atoms with van der Waals surface area (Å²) >= 11 is 0. The van der Waals surface area contributed by atoms with Gasteiger partial charge in [-0.15, -0.1) is 0 Å². The summed E-state index contributed by atoms with van der Waals surface area (Å²) in [5, 5.41) is 3.37. The number of furan rings is 1. The zero-order valence-corrected chi connectivity index (χ0v) is 9.45. The highest BCUT2D eigenvalue weighted by Gasteiger charge is 2.21. The maximum atomic E-state index is 13.7. The lowest BCUT2D eigenvalue weighted by molar-refractivity contribution is 0.483. The van der Waals surface area contributed by atoms with Gasteiger partial charge in [0.15, 0.2) is 0 Å². The van der Waals surface area contributed by atoms with Crippen molar-refractivity contribution >= 4 is 0 Å². The second-order valence-electron chi connectivity index (χ2n) is 4.39. The molecule has 1 aliphatic rings. The Labute approximate surface area is 99.5 Å². The lowest BCUT2D eigenvalue weighted by Crippen LogP contribution is -2.15. The molecule has 1 aliphatic carbocycles. The summed E-state index contributed by atoms with van der Waals surface area (Å²) < 4.78 is 19.1. The van der Waals surface area contributed by atoms with Crippen molar-refractivity contribution in [3.63, 3.8) is 0 Å². The van der Waals surface area contributed by atoms with E-state index in [0.29, 0.717) is 18.2 Å². The van der Waals surface area contributed by atoms with Gasteiger partial charge in [-0.05, 0) is 25.0 Å². The Bertz CT molecular complexity index is 516. The van der Waals surface area contributed by atoms with E-state index in [0.717, 1.165) is 11.3 Å². The zero-order chi connectivity index (χ0) is 11.7. The SMILES string of the molecule is Fc1ccccc1-c1ccoc1CNC1CC1. The summed E-state index contributed by atoms with van der Waals surface area (Å²) in [6, 6.07) is 9.22. The van der Waals surface area contributed by atoms with Crippen LogP contribution in [0.2, 0.25) is 0 Å². The van der Waals surface area contributed by atoms with Crippen LogP contribution in [0.4, 0.5) is 4.39 Å². The monoisotopic (exact) mass is 231 g/mol. The first-order valence-electron chi connectivity index (χ1n) is 5.89. The van der Waals surface area contributed by atoms with Crippen molar-refractivity contribution in [2.45, 2.75) is 25.4 Å². The molecule has 2 nitrogen and oxygen atoms in total. The van der Waals surface area contributed by atoms with E-state index in [1.165, 1.54) is 18.9 Å². The first kappa shape index (κ1) is 10.5. The van der Waals surface area contributed by atoms with Gasteiger partial charge in [-0.2, -0.15) is 0 Å². The molecule has 0 radical (unpaired) electrons. The molecule has 1 aromatic carbocycles. The van der Waals surface area contributed by atoms with Crippen molar-refractivity contribution in [1.82, 2.24) is 5.32 Å². The molecule has 0 bridgehead atoms. The van der Waals surface area contributed by atoms with Gasteiger partial charge >= 0.3 is 0 Å². The van der Waals surface area contributed by atoms with Gasteiger partial charge in [0.2, 0.25) is 0 Å². The van der Waals surface area contributed by atoms with Gasteiger partial charge in [0.25, 0.3) is 0 Å². The van der Waals surface area contributed by atoms with Crippen LogP contribution in [0, 0.1) is 5.82 Å². The highest BCUT2D eigenvalue weighted by atomic mass is 19.1. The highest BCUT2D eigenvalue weighted by Crippen LogP contribution is 2.28. The predicted molar refractivity (Wildman–Crippen MR) is 64.0 cm³/mol. The zero-order valence-electron chi connectivity index (χ0n) is 9.45. The topological polar surface area (TPSA) is 25.2 Å². The lowest BCUT2D eigenvalue weighted by atomic mass is 10.1. The van der Waals surface area contributed by atoms with Gasteiger partial charge in [-0.3, -0.25) is 0 Å². The Morgan fingerprint density at radius 1 is 1.18 bits per heavy atom. The predicted octanol–water partition coefficient (Wildman–Crippen LogP) is 3.34. The summed E-state index contributed by atoms with van der Waals surface area (Å²) in [5.74, 6) is 0.601. The van der Waals surface area contributed by atoms with Crippen LogP contribution in [0.1, 0.15) is 18.6 Å². The van der Waals surface area contributed by atoms with Crippen molar-refractivity contribution < 1.29 is 8.81 Å². The number of nitrogens with one attached hydrogen (secondary N) is 1. The Morgan fingerprint density at radius 2 is 2.00 bits per heavy atom. The Hall–Kier alpha value is -1.61. The minimum Gasteiger partial charge on any atom is -0.467 e. The summed E-state index contributed by atoms with van der Waals surface area (Å²) in [4.78, 5) is 0. The second kappa shape index (κ2) is 4.34. The van der Waals surface area contributed by atoms with Crippen LogP contribution >= 0.6 is 0 Å². The molecular weight excluding hydrogens is 217 g/mol. The van der Waals surface area contributed by atoms with Crippen LogP contribution in [0.15, 0.2) is 41.0 Å². The molecule has 0 aliphatic heterocycles. The standard InChI is InChI=1S/C14H14FNO/c15-13-4-2-1-3-11(13)12-7-8-17-14(12)9-16-10-5-6-10/h1-4,7-8,10,16H,5-6,9H2. The summed E-state index contributed by atoms with van der Waals surface area (Å²) in [5.41, 5.74) is 1.45. The molecule has 0 spiro atoms. The largest absolute Gasteiger partial charge is 0.467 e. The van der Waals surface area contributed by atoms with Gasteiger partial charge in [0.1, 0.15) is 11.6 Å². The van der Waals surface area contributed by atoms with E-state index in [9.17, 15) is 4.39 Å². The van der Waals surface area contributed by atoms with Gasteiger partial charge in [-0.1, -0.05) is 18.2 Å². The number of hydrogen-bond donors (Lipinski definition) is 1. The Balaban J connectivity index is 1.86. The van der Waals surface area contributed by atoms with E-state index < -0.39 is 0 Å². The van der Waals surface area contributed by atoms with Crippen molar-refractivity contribution in [3.05, 3.63) is 48.2 Å². The van der Waals surface area contributed by atoms with Gasteiger partial charge in [0, 0.05) is 17.2 Å². The van der Waals surface area contributed by atoms with Gasteiger partial charge in [-0.25, -0.2) is 4.39 Å². The summed E-state index contributed by atoms with van der Waals surface area (Å²) in [7, 11) is 0. The minimum absolute atomic E-state index is 0.207. The molecule has 2 aromatic rings. The number of halogens is 1. The van der Waals surface area contributed by atoms with E-state index in [4.69, 9.17) is 4.42 Å². The van der Waals surface area contributed by atoms with Crippen LogP contribution in [0.25, 0.3) is 11.1 Å². The molecule has 1 aromatic heterocycles. The molecule has 3 rings (SSSR count). The third-order valence-electron chi connectivity index (χ3n) is 3.04. The van der Waals surface area contributed by atoms with E-state index in [1.54, 1.807) is 18.4 Å². The van der Waals surface area contributed by atoms with Gasteiger partial charge in [0.05, 0.1) is 12.8 Å². The maximum Gasteiger partial charge on any atom is 0.131 e. The number of benzene rings is 1. The summed E-state index contributed by atoms with van der Waals surface area (Å²) in [6.07, 6.45) is 4.08. The number of hydrogen-bond acceptors (Lipinski definition) is 2. The van der Waals surface area contributed by atoms with E-state index >= 15 is 0 Å². The van der Waals surface area contributed by atoms with Crippen molar-refractivity contribution in [2.75, 3.05) is 0 Å². The molecule has 3 heteroatoms. The molecule has 1 heterocycles. The smallest absolute Gasteiger partial charge is 0.131 e. The molecule has 0 atom stereocenters. The average Bonchev–Trinajstić information content (AvgIpc) is 3.06. The Morgan fingerprint density at radius 3 is 2.76 bits per heavy atom. The molecule has 0 amide bonds. The third kappa shape index (κ3) is 2.24. The van der Waals surface area contributed by atoms with E-state index in [2.05, 4.69) is 5.32 Å². The third-order valence-corrected chi connectivity index (χ3v) is 3.04. The lowest BCUT2D eigenvalue weighted by Gasteiger charge is -2.05. The fourth-order valence-electron chi connectivity index (χ4n) is 1.92. The molecular formula is C14H14FNO. The van der Waals surface area contributed by atoms with E-state index in [-0.39, 0.29) is 5.82 Å². The minimum atomic E-state index is -0.207. The van der Waals surface area contributed by atoms with Crippen LogP contribution in [0.5, 0.6) is 0 Å². The maximum absolute atomic E-state index is 13.7. The van der Waals surface area contributed by atoms with Crippen LogP contribution in [-0.4, -0.2) is 6.04 Å². The average molecular weight is 231 g/mol. The van der Waals surface area contributed by atoms with Crippen LogP contribution in [0.3, 0.4) is 0 Å². The molecule has 0 saturated heterocycles. The van der Waals surface area contributed by atoms with Gasteiger partial charge < -0.3 is 9.73 Å². The summed E-state index contributed by atoms with van der Waals surface area (Å²) in [6.45, 7) is 0.668. The molecule has 88 valence electrons. The molecule has 1 saturated carbocycles. The normalized spacial score (nSPS) is 15.1. The molecule has 1 N–H and O–H groups in total. The first-order valence-corrected chi connectivity index (χ1v) is 5.89. The molecule has 0 unspecified atom stereocenters.